The standard InChI is InChI=1S/C20H19ClN6/c1-3-16-18-24-13(2)5-4-10-26(18)17-12-23-20(21)25-19(17)27(16)15-8-6-14(11-22)7-9-15/h4,6-10,12-13,16H,3,5H2,1-2H3. The highest BCUT2D eigenvalue weighted by Crippen LogP contribution is 2.41. The van der Waals surface area contributed by atoms with Crippen molar-refractivity contribution in [3.63, 3.8) is 0 Å². The first-order valence-corrected chi connectivity index (χ1v) is 9.35. The molecular formula is C20H19ClN6. The second-order valence-electron chi connectivity index (χ2n) is 6.63. The first kappa shape index (κ1) is 17.5. The van der Waals surface area contributed by atoms with E-state index in [1.807, 2.05) is 24.3 Å². The molecule has 0 bridgehead atoms. The number of amidine groups is 1. The third-order valence-electron chi connectivity index (χ3n) is 4.81. The highest BCUT2D eigenvalue weighted by atomic mass is 35.5. The third-order valence-corrected chi connectivity index (χ3v) is 4.99. The van der Waals surface area contributed by atoms with E-state index in [4.69, 9.17) is 21.9 Å². The van der Waals surface area contributed by atoms with Crippen molar-refractivity contribution < 1.29 is 0 Å². The Bertz CT molecular complexity index is 959. The van der Waals surface area contributed by atoms with Crippen molar-refractivity contribution in [3.05, 3.63) is 53.6 Å². The van der Waals surface area contributed by atoms with Crippen molar-refractivity contribution in [1.82, 2.24) is 9.97 Å². The monoisotopic (exact) mass is 378 g/mol. The predicted octanol–water partition coefficient (Wildman–Crippen LogP) is 4.44. The molecule has 0 radical (unpaired) electrons. The topological polar surface area (TPSA) is 68.4 Å². The summed E-state index contributed by atoms with van der Waals surface area (Å²) in [5.74, 6) is 1.71. The normalized spacial score (nSPS) is 21.0. The first-order chi connectivity index (χ1) is 13.1. The lowest BCUT2D eigenvalue weighted by Gasteiger charge is -2.42. The average Bonchev–Trinajstić information content (AvgIpc) is 2.88. The van der Waals surface area contributed by atoms with E-state index in [0.717, 1.165) is 35.9 Å². The zero-order chi connectivity index (χ0) is 19.0. The van der Waals surface area contributed by atoms with Crippen molar-refractivity contribution in [2.45, 2.75) is 38.8 Å². The van der Waals surface area contributed by atoms with Crippen LogP contribution in [0.2, 0.25) is 5.28 Å². The first-order valence-electron chi connectivity index (χ1n) is 8.98. The molecule has 0 spiro atoms. The SMILES string of the molecule is CCC1C2=NC(C)CC=CN2c2cnc(Cl)nc2N1c1ccc(C#N)cc1. The summed E-state index contributed by atoms with van der Waals surface area (Å²) in [7, 11) is 0. The van der Waals surface area contributed by atoms with Gasteiger partial charge in [-0.05, 0) is 55.6 Å². The lowest BCUT2D eigenvalue weighted by Crippen LogP contribution is -2.50. The number of hydrogen-bond acceptors (Lipinski definition) is 6. The molecule has 4 rings (SSSR count). The minimum absolute atomic E-state index is 0.00148. The van der Waals surface area contributed by atoms with Crippen LogP contribution in [0, 0.1) is 11.3 Å². The number of aromatic nitrogens is 2. The van der Waals surface area contributed by atoms with Gasteiger partial charge in [0.1, 0.15) is 11.5 Å². The Morgan fingerprint density at radius 3 is 2.78 bits per heavy atom. The molecule has 0 amide bonds. The van der Waals surface area contributed by atoms with Gasteiger partial charge in [-0.15, -0.1) is 0 Å². The average molecular weight is 379 g/mol. The Morgan fingerprint density at radius 2 is 2.07 bits per heavy atom. The number of fused-ring (bicyclic) bond motifs is 3. The van der Waals surface area contributed by atoms with Gasteiger partial charge >= 0.3 is 0 Å². The Hall–Kier alpha value is -2.91. The Morgan fingerprint density at radius 1 is 1.30 bits per heavy atom. The van der Waals surface area contributed by atoms with Gasteiger partial charge in [0, 0.05) is 11.9 Å². The maximum atomic E-state index is 9.11. The van der Waals surface area contributed by atoms with Gasteiger partial charge < -0.3 is 4.90 Å². The number of benzene rings is 1. The van der Waals surface area contributed by atoms with Crippen molar-refractivity contribution in [2.24, 2.45) is 4.99 Å². The molecule has 0 saturated heterocycles. The molecular weight excluding hydrogens is 360 g/mol. The summed E-state index contributed by atoms with van der Waals surface area (Å²) in [4.78, 5) is 17.9. The molecule has 136 valence electrons. The second kappa shape index (κ2) is 7.01. The van der Waals surface area contributed by atoms with Crippen LogP contribution in [-0.4, -0.2) is 27.9 Å². The van der Waals surface area contributed by atoms with Crippen LogP contribution in [0.5, 0.6) is 0 Å². The molecule has 0 saturated carbocycles. The number of nitrogens with zero attached hydrogens (tertiary/aromatic N) is 6. The van der Waals surface area contributed by atoms with E-state index in [9.17, 15) is 0 Å². The van der Waals surface area contributed by atoms with Crippen molar-refractivity contribution >= 4 is 34.6 Å². The molecule has 2 aliphatic rings. The van der Waals surface area contributed by atoms with E-state index >= 15 is 0 Å². The van der Waals surface area contributed by atoms with Crippen LogP contribution in [0.15, 0.2) is 47.7 Å². The van der Waals surface area contributed by atoms with Crippen molar-refractivity contribution in [1.29, 1.82) is 5.26 Å². The lowest BCUT2D eigenvalue weighted by atomic mass is 10.0. The van der Waals surface area contributed by atoms with E-state index in [1.165, 1.54) is 0 Å². The lowest BCUT2D eigenvalue weighted by molar-refractivity contribution is 0.716. The van der Waals surface area contributed by atoms with E-state index in [2.05, 4.69) is 52.0 Å². The van der Waals surface area contributed by atoms with Crippen LogP contribution in [0.1, 0.15) is 32.3 Å². The van der Waals surface area contributed by atoms with Crippen molar-refractivity contribution in [3.8, 4) is 6.07 Å². The van der Waals surface area contributed by atoms with Crippen molar-refractivity contribution in [2.75, 3.05) is 9.80 Å². The predicted molar refractivity (Wildman–Crippen MR) is 108 cm³/mol. The van der Waals surface area contributed by atoms with Crippen LogP contribution >= 0.6 is 11.6 Å². The highest BCUT2D eigenvalue weighted by Gasteiger charge is 2.38. The molecule has 0 N–H and O–H groups in total. The number of hydrogen-bond donors (Lipinski definition) is 0. The Labute approximate surface area is 163 Å². The molecule has 2 aromatic rings. The van der Waals surface area contributed by atoms with Gasteiger partial charge in [-0.2, -0.15) is 10.2 Å². The van der Waals surface area contributed by atoms with Gasteiger partial charge in [-0.1, -0.05) is 13.0 Å². The highest BCUT2D eigenvalue weighted by molar-refractivity contribution is 6.28. The Kier molecular flexibility index (Phi) is 4.54. The Balaban J connectivity index is 1.94. The summed E-state index contributed by atoms with van der Waals surface area (Å²) < 4.78 is 0. The molecule has 1 aromatic heterocycles. The summed E-state index contributed by atoms with van der Waals surface area (Å²) in [5, 5.41) is 9.31. The quantitative estimate of drug-likeness (QED) is 0.722. The molecule has 3 heterocycles. The van der Waals surface area contributed by atoms with E-state index in [1.54, 1.807) is 6.20 Å². The van der Waals surface area contributed by atoms with E-state index in [-0.39, 0.29) is 17.4 Å². The maximum Gasteiger partial charge on any atom is 0.224 e. The minimum atomic E-state index is 0.00148. The molecule has 6 nitrogen and oxygen atoms in total. The molecule has 1 aromatic carbocycles. The molecule has 7 heteroatoms. The summed E-state index contributed by atoms with van der Waals surface area (Å²) in [6, 6.07) is 9.87. The van der Waals surface area contributed by atoms with Crippen LogP contribution in [0.25, 0.3) is 0 Å². The van der Waals surface area contributed by atoms with Gasteiger partial charge in [0.25, 0.3) is 0 Å². The molecule has 2 atom stereocenters. The number of rotatable bonds is 2. The third kappa shape index (κ3) is 3.04. The maximum absolute atomic E-state index is 9.11. The van der Waals surface area contributed by atoms with Gasteiger partial charge in [0.05, 0.1) is 29.9 Å². The molecule has 2 aliphatic heterocycles. The van der Waals surface area contributed by atoms with Crippen LogP contribution in [0.3, 0.4) is 0 Å². The number of anilines is 3. The summed E-state index contributed by atoms with van der Waals surface area (Å²) >= 11 is 6.14. The van der Waals surface area contributed by atoms with Gasteiger partial charge in [-0.3, -0.25) is 9.89 Å². The molecule has 0 fully saturated rings. The summed E-state index contributed by atoms with van der Waals surface area (Å²) in [6.45, 7) is 4.25. The fourth-order valence-corrected chi connectivity index (χ4v) is 3.68. The van der Waals surface area contributed by atoms with Crippen LogP contribution in [-0.2, 0) is 0 Å². The van der Waals surface area contributed by atoms with Crippen LogP contribution in [0.4, 0.5) is 17.2 Å². The second-order valence-corrected chi connectivity index (χ2v) is 6.97. The molecule has 0 aliphatic carbocycles. The molecule has 2 unspecified atom stereocenters. The van der Waals surface area contributed by atoms with Crippen LogP contribution < -0.4 is 9.80 Å². The zero-order valence-corrected chi connectivity index (χ0v) is 15.9. The van der Waals surface area contributed by atoms with Gasteiger partial charge in [0.2, 0.25) is 5.28 Å². The smallest absolute Gasteiger partial charge is 0.224 e. The zero-order valence-electron chi connectivity index (χ0n) is 15.2. The van der Waals surface area contributed by atoms with Gasteiger partial charge in [-0.25, -0.2) is 4.98 Å². The minimum Gasteiger partial charge on any atom is -0.314 e. The fourth-order valence-electron chi connectivity index (χ4n) is 3.55. The number of aliphatic imine (C=N–C) groups is 1. The van der Waals surface area contributed by atoms with E-state index < -0.39 is 0 Å². The number of halogens is 1. The van der Waals surface area contributed by atoms with E-state index in [0.29, 0.717) is 5.56 Å². The summed E-state index contributed by atoms with van der Waals surface area (Å²) in [6.07, 6.45) is 7.65. The molecule has 27 heavy (non-hydrogen) atoms. The fraction of sp³-hybridized carbons (Fsp3) is 0.300. The summed E-state index contributed by atoms with van der Waals surface area (Å²) in [5.41, 5.74) is 2.41. The number of nitriles is 1. The van der Waals surface area contributed by atoms with Gasteiger partial charge in [0.15, 0.2) is 5.82 Å². The largest absolute Gasteiger partial charge is 0.314 e.